The zero-order chi connectivity index (χ0) is 8.04. The van der Waals surface area contributed by atoms with Gasteiger partial charge >= 0.3 is 0 Å². The van der Waals surface area contributed by atoms with Crippen molar-refractivity contribution >= 4 is 0 Å². The normalized spacial score (nSPS) is 17.6. The number of rotatable bonds is 4. The summed E-state index contributed by atoms with van der Waals surface area (Å²) in [6, 6.07) is 0. The van der Waals surface area contributed by atoms with Crippen molar-refractivity contribution in [3.05, 3.63) is 12.2 Å². The van der Waals surface area contributed by atoms with E-state index < -0.39 is 0 Å². The number of methoxy groups -OCH3 is 1. The Labute approximate surface area is 62.5 Å². The molecule has 0 fully saturated rings. The molecule has 2 heteroatoms. The second-order valence-corrected chi connectivity index (χ2v) is 2.46. The summed E-state index contributed by atoms with van der Waals surface area (Å²) in [5, 5.41) is 8.48. The Balaban J connectivity index is 3.92. The molecule has 1 N–H and O–H groups in total. The van der Waals surface area contributed by atoms with Crippen molar-refractivity contribution in [1.82, 2.24) is 0 Å². The van der Waals surface area contributed by atoms with E-state index in [0.717, 1.165) is 6.42 Å². The Morgan fingerprint density at radius 1 is 1.60 bits per heavy atom. The molecule has 0 aromatic rings. The highest BCUT2D eigenvalue weighted by Gasteiger charge is 2.15. The lowest BCUT2D eigenvalue weighted by Gasteiger charge is -2.21. The molecule has 0 saturated carbocycles. The summed E-state index contributed by atoms with van der Waals surface area (Å²) in [6.45, 7) is 4.11. The van der Waals surface area contributed by atoms with Crippen LogP contribution in [0.3, 0.4) is 0 Å². The summed E-state index contributed by atoms with van der Waals surface area (Å²) in [7, 11) is 1.67. The molecular formula is C8H16O2. The van der Waals surface area contributed by atoms with Gasteiger partial charge in [0.1, 0.15) is 0 Å². The molecule has 0 aliphatic rings. The van der Waals surface area contributed by atoms with Gasteiger partial charge in [0.25, 0.3) is 0 Å². The van der Waals surface area contributed by atoms with Crippen molar-refractivity contribution in [2.45, 2.75) is 25.9 Å². The summed E-state index contributed by atoms with van der Waals surface area (Å²) < 4.78 is 5.19. The van der Waals surface area contributed by atoms with E-state index in [1.54, 1.807) is 13.2 Å². The fourth-order valence-electron chi connectivity index (χ4n) is 0.632. The standard InChI is InChI=1S/C8H16O2/c1-4-8(2,10-3)6-5-7-9/h5-6,9H,4,7H2,1-3H3/b6-5+. The molecule has 0 aliphatic heterocycles. The molecule has 0 bridgehead atoms. The van der Waals surface area contributed by atoms with Crippen molar-refractivity contribution in [3.63, 3.8) is 0 Å². The van der Waals surface area contributed by atoms with Crippen molar-refractivity contribution in [3.8, 4) is 0 Å². The lowest BCUT2D eigenvalue weighted by Crippen LogP contribution is -2.22. The highest BCUT2D eigenvalue weighted by atomic mass is 16.5. The summed E-state index contributed by atoms with van der Waals surface area (Å²) >= 11 is 0. The molecule has 1 atom stereocenters. The number of hydrogen-bond donors (Lipinski definition) is 1. The van der Waals surface area contributed by atoms with Gasteiger partial charge in [-0.2, -0.15) is 0 Å². The molecule has 0 heterocycles. The van der Waals surface area contributed by atoms with Crippen LogP contribution in [0.25, 0.3) is 0 Å². The van der Waals surface area contributed by atoms with Crippen LogP contribution < -0.4 is 0 Å². The van der Waals surface area contributed by atoms with Gasteiger partial charge in [-0.3, -0.25) is 0 Å². The molecule has 0 aromatic carbocycles. The quantitative estimate of drug-likeness (QED) is 0.603. The monoisotopic (exact) mass is 144 g/mol. The highest BCUT2D eigenvalue weighted by Crippen LogP contribution is 2.14. The van der Waals surface area contributed by atoms with Gasteiger partial charge in [-0.25, -0.2) is 0 Å². The summed E-state index contributed by atoms with van der Waals surface area (Å²) in [5.41, 5.74) is -0.206. The average Bonchev–Trinajstić information content (AvgIpc) is 2.00. The van der Waals surface area contributed by atoms with Crippen LogP contribution in [0.4, 0.5) is 0 Å². The van der Waals surface area contributed by atoms with E-state index in [0.29, 0.717) is 0 Å². The van der Waals surface area contributed by atoms with Crippen LogP contribution in [0.5, 0.6) is 0 Å². The predicted octanol–water partition coefficient (Wildman–Crippen LogP) is 1.35. The minimum atomic E-state index is -0.206. The van der Waals surface area contributed by atoms with Crippen molar-refractivity contribution in [2.24, 2.45) is 0 Å². The number of aliphatic hydroxyl groups is 1. The van der Waals surface area contributed by atoms with E-state index in [-0.39, 0.29) is 12.2 Å². The van der Waals surface area contributed by atoms with Crippen LogP contribution >= 0.6 is 0 Å². The zero-order valence-corrected chi connectivity index (χ0v) is 6.92. The highest BCUT2D eigenvalue weighted by molar-refractivity contribution is 4.98. The van der Waals surface area contributed by atoms with E-state index in [1.807, 2.05) is 19.9 Å². The fraction of sp³-hybridized carbons (Fsp3) is 0.750. The third kappa shape index (κ3) is 2.99. The fourth-order valence-corrected chi connectivity index (χ4v) is 0.632. The first-order valence-corrected chi connectivity index (χ1v) is 3.52. The van der Waals surface area contributed by atoms with Gasteiger partial charge in [-0.15, -0.1) is 0 Å². The number of aliphatic hydroxyl groups excluding tert-OH is 1. The maximum Gasteiger partial charge on any atom is 0.0828 e. The van der Waals surface area contributed by atoms with Crippen LogP contribution in [0.1, 0.15) is 20.3 Å². The topological polar surface area (TPSA) is 29.5 Å². The molecule has 0 aliphatic carbocycles. The Morgan fingerprint density at radius 3 is 2.50 bits per heavy atom. The first-order valence-electron chi connectivity index (χ1n) is 3.52. The molecule has 0 amide bonds. The first-order chi connectivity index (χ1) is 4.68. The molecule has 2 nitrogen and oxygen atoms in total. The molecular weight excluding hydrogens is 128 g/mol. The van der Waals surface area contributed by atoms with Crippen LogP contribution in [-0.2, 0) is 4.74 Å². The lowest BCUT2D eigenvalue weighted by atomic mass is 10.0. The summed E-state index contributed by atoms with van der Waals surface area (Å²) in [6.07, 6.45) is 4.50. The lowest BCUT2D eigenvalue weighted by molar-refractivity contribution is 0.0451. The van der Waals surface area contributed by atoms with Gasteiger partial charge in [0.05, 0.1) is 12.2 Å². The van der Waals surface area contributed by atoms with Gasteiger partial charge in [-0.1, -0.05) is 19.1 Å². The van der Waals surface area contributed by atoms with Gasteiger partial charge < -0.3 is 9.84 Å². The van der Waals surface area contributed by atoms with Crippen LogP contribution in [0.15, 0.2) is 12.2 Å². The third-order valence-corrected chi connectivity index (χ3v) is 1.74. The predicted molar refractivity (Wildman–Crippen MR) is 41.9 cm³/mol. The second kappa shape index (κ2) is 4.47. The van der Waals surface area contributed by atoms with Crippen LogP contribution in [0, 0.1) is 0 Å². The number of ether oxygens (including phenoxy) is 1. The van der Waals surface area contributed by atoms with Crippen LogP contribution in [-0.4, -0.2) is 24.4 Å². The third-order valence-electron chi connectivity index (χ3n) is 1.74. The maximum absolute atomic E-state index is 8.48. The molecule has 0 aromatic heterocycles. The zero-order valence-electron chi connectivity index (χ0n) is 6.92. The summed E-state index contributed by atoms with van der Waals surface area (Å²) in [4.78, 5) is 0. The van der Waals surface area contributed by atoms with E-state index in [9.17, 15) is 0 Å². The van der Waals surface area contributed by atoms with Crippen molar-refractivity contribution in [1.29, 1.82) is 0 Å². The van der Waals surface area contributed by atoms with E-state index >= 15 is 0 Å². The van der Waals surface area contributed by atoms with Crippen LogP contribution in [0.2, 0.25) is 0 Å². The maximum atomic E-state index is 8.48. The molecule has 0 saturated heterocycles. The second-order valence-electron chi connectivity index (χ2n) is 2.46. The largest absolute Gasteiger partial charge is 0.392 e. The van der Waals surface area contributed by atoms with Gasteiger partial charge in [0, 0.05) is 7.11 Å². The minimum absolute atomic E-state index is 0.0823. The van der Waals surface area contributed by atoms with Crippen molar-refractivity contribution in [2.75, 3.05) is 13.7 Å². The molecule has 10 heavy (non-hydrogen) atoms. The Hall–Kier alpha value is -0.340. The Morgan fingerprint density at radius 2 is 2.20 bits per heavy atom. The van der Waals surface area contributed by atoms with E-state index in [1.165, 1.54) is 0 Å². The summed E-state index contributed by atoms with van der Waals surface area (Å²) in [5.74, 6) is 0. The van der Waals surface area contributed by atoms with Gasteiger partial charge in [0.2, 0.25) is 0 Å². The van der Waals surface area contributed by atoms with Gasteiger partial charge in [0.15, 0.2) is 0 Å². The van der Waals surface area contributed by atoms with E-state index in [4.69, 9.17) is 9.84 Å². The van der Waals surface area contributed by atoms with E-state index in [2.05, 4.69) is 0 Å². The molecule has 0 radical (unpaired) electrons. The first kappa shape index (κ1) is 9.66. The average molecular weight is 144 g/mol. The van der Waals surface area contributed by atoms with Crippen molar-refractivity contribution < 1.29 is 9.84 Å². The molecule has 0 spiro atoms. The smallest absolute Gasteiger partial charge is 0.0828 e. The SMILES string of the molecule is CCC(C)(/C=C/CO)OC. The Bertz CT molecular complexity index is 104. The Kier molecular flexibility index (Phi) is 4.32. The minimum Gasteiger partial charge on any atom is -0.392 e. The molecule has 1 unspecified atom stereocenters. The molecule has 0 rings (SSSR count). The number of hydrogen-bond acceptors (Lipinski definition) is 2. The van der Waals surface area contributed by atoms with Gasteiger partial charge in [-0.05, 0) is 13.3 Å². The molecule has 60 valence electrons.